The highest BCUT2D eigenvalue weighted by Gasteiger charge is 2.34. The van der Waals surface area contributed by atoms with Gasteiger partial charge in [-0.1, -0.05) is 32.1 Å². The number of hydroxylamine groups is 1. The van der Waals surface area contributed by atoms with Gasteiger partial charge < -0.3 is 24.1 Å². The summed E-state index contributed by atoms with van der Waals surface area (Å²) in [6, 6.07) is 12.2. The predicted molar refractivity (Wildman–Crippen MR) is 127 cm³/mol. The molecule has 0 fully saturated rings. The molecular weight excluding hydrogens is 456 g/mol. The highest BCUT2D eigenvalue weighted by molar-refractivity contribution is 5.86. The van der Waals surface area contributed by atoms with E-state index in [0.29, 0.717) is 35.8 Å². The van der Waals surface area contributed by atoms with Crippen molar-refractivity contribution in [2.24, 2.45) is 5.41 Å². The third-order valence-electron chi connectivity index (χ3n) is 5.43. The Labute approximate surface area is 203 Å². The molecule has 35 heavy (non-hydrogen) atoms. The third-order valence-corrected chi connectivity index (χ3v) is 5.43. The number of amides is 2. The SMILES string of the molecule is CC(C)(CC/C=C/C(=O)NO)[C@H](OC(=O)Nc1ccc2c(c1)OCO2)c1ccc(OCCO)cc1. The zero-order chi connectivity index (χ0) is 25.3. The van der Waals surface area contributed by atoms with Crippen molar-refractivity contribution in [2.75, 3.05) is 25.3 Å². The number of benzene rings is 2. The average Bonchev–Trinajstić information content (AvgIpc) is 3.32. The lowest BCUT2D eigenvalue weighted by Gasteiger charge is -2.34. The quantitative estimate of drug-likeness (QED) is 0.213. The highest BCUT2D eigenvalue weighted by Crippen LogP contribution is 2.41. The second-order valence-corrected chi connectivity index (χ2v) is 8.53. The van der Waals surface area contributed by atoms with Crippen LogP contribution in [-0.4, -0.2) is 42.3 Å². The van der Waals surface area contributed by atoms with E-state index < -0.39 is 23.5 Å². The lowest BCUT2D eigenvalue weighted by Crippen LogP contribution is -2.29. The van der Waals surface area contributed by atoms with Gasteiger partial charge in [-0.3, -0.25) is 15.3 Å². The Morgan fingerprint density at radius 2 is 1.89 bits per heavy atom. The molecule has 0 unspecified atom stereocenters. The molecule has 0 saturated heterocycles. The van der Waals surface area contributed by atoms with Crippen LogP contribution in [0.1, 0.15) is 38.4 Å². The summed E-state index contributed by atoms with van der Waals surface area (Å²) in [5.74, 6) is 1.12. The van der Waals surface area contributed by atoms with E-state index in [1.54, 1.807) is 41.9 Å². The van der Waals surface area contributed by atoms with Crippen LogP contribution in [0.15, 0.2) is 54.6 Å². The van der Waals surface area contributed by atoms with Crippen LogP contribution in [0.5, 0.6) is 17.2 Å². The van der Waals surface area contributed by atoms with Crippen LogP contribution in [0.2, 0.25) is 0 Å². The number of anilines is 1. The number of aliphatic hydroxyl groups is 1. The minimum Gasteiger partial charge on any atom is -0.491 e. The van der Waals surface area contributed by atoms with E-state index in [2.05, 4.69) is 5.32 Å². The van der Waals surface area contributed by atoms with E-state index in [9.17, 15) is 9.59 Å². The minimum absolute atomic E-state index is 0.0949. The summed E-state index contributed by atoms with van der Waals surface area (Å²) in [4.78, 5) is 24.1. The Hall–Kier alpha value is -3.76. The molecule has 1 atom stereocenters. The largest absolute Gasteiger partial charge is 0.491 e. The molecule has 4 N–H and O–H groups in total. The van der Waals surface area contributed by atoms with Crippen molar-refractivity contribution in [1.82, 2.24) is 5.48 Å². The molecule has 0 aromatic heterocycles. The Morgan fingerprint density at radius 1 is 1.14 bits per heavy atom. The molecule has 10 heteroatoms. The molecule has 0 spiro atoms. The summed E-state index contributed by atoms with van der Waals surface area (Å²) < 4.78 is 22.0. The van der Waals surface area contributed by atoms with Crippen molar-refractivity contribution in [2.45, 2.75) is 32.8 Å². The van der Waals surface area contributed by atoms with E-state index in [0.717, 1.165) is 5.56 Å². The van der Waals surface area contributed by atoms with Gasteiger partial charge in [0.05, 0.1) is 6.61 Å². The smallest absolute Gasteiger partial charge is 0.412 e. The standard InChI is InChI=1S/C25H30N2O8/c1-25(2,12-4-3-5-22(29)27-31)23(17-6-9-19(10-7-17)32-14-13-28)35-24(30)26-18-8-11-20-21(15-18)34-16-33-20/h3,5-11,15,23,28,31H,4,12-14,16H2,1-2H3,(H,26,30)(H,27,29)/b5-3+/t23-/m1/s1. The molecule has 0 radical (unpaired) electrons. The Kier molecular flexibility index (Phi) is 8.93. The zero-order valence-corrected chi connectivity index (χ0v) is 19.7. The van der Waals surface area contributed by atoms with Crippen LogP contribution in [0.4, 0.5) is 10.5 Å². The van der Waals surface area contributed by atoms with Gasteiger partial charge in [-0.15, -0.1) is 0 Å². The van der Waals surface area contributed by atoms with Gasteiger partial charge in [0, 0.05) is 23.2 Å². The summed E-state index contributed by atoms with van der Waals surface area (Å²) >= 11 is 0. The van der Waals surface area contributed by atoms with Gasteiger partial charge in [0.2, 0.25) is 6.79 Å². The molecule has 2 amide bonds. The highest BCUT2D eigenvalue weighted by atomic mass is 16.7. The number of allylic oxidation sites excluding steroid dienone is 1. The van der Waals surface area contributed by atoms with Gasteiger partial charge >= 0.3 is 6.09 Å². The van der Waals surface area contributed by atoms with Crippen molar-refractivity contribution in [1.29, 1.82) is 0 Å². The molecule has 0 bridgehead atoms. The fraction of sp³-hybridized carbons (Fsp3) is 0.360. The van der Waals surface area contributed by atoms with Crippen LogP contribution in [0, 0.1) is 5.41 Å². The molecule has 2 aromatic carbocycles. The molecule has 1 aliphatic heterocycles. The number of aliphatic hydroxyl groups excluding tert-OH is 1. The molecule has 0 saturated carbocycles. The first-order valence-corrected chi connectivity index (χ1v) is 11.1. The Balaban J connectivity index is 1.75. The number of ether oxygens (including phenoxy) is 4. The molecule has 2 aromatic rings. The lowest BCUT2D eigenvalue weighted by atomic mass is 9.78. The normalized spacial score (nSPS) is 13.4. The number of hydrogen-bond donors (Lipinski definition) is 4. The maximum Gasteiger partial charge on any atom is 0.412 e. The number of carbonyl (C=O) groups excluding carboxylic acids is 2. The second kappa shape index (κ2) is 12.1. The van der Waals surface area contributed by atoms with E-state index >= 15 is 0 Å². The average molecular weight is 487 g/mol. The van der Waals surface area contributed by atoms with Crippen molar-refractivity contribution in [3.63, 3.8) is 0 Å². The minimum atomic E-state index is -0.641. The first-order chi connectivity index (χ1) is 16.8. The fourth-order valence-corrected chi connectivity index (χ4v) is 3.62. The van der Waals surface area contributed by atoms with E-state index in [4.69, 9.17) is 29.3 Å². The van der Waals surface area contributed by atoms with Gasteiger partial charge in [0.15, 0.2) is 11.5 Å². The summed E-state index contributed by atoms with van der Waals surface area (Å²) in [6.45, 7) is 4.13. The Morgan fingerprint density at radius 3 is 2.60 bits per heavy atom. The van der Waals surface area contributed by atoms with E-state index in [1.807, 2.05) is 26.0 Å². The molecule has 1 aliphatic rings. The van der Waals surface area contributed by atoms with Crippen LogP contribution in [-0.2, 0) is 9.53 Å². The second-order valence-electron chi connectivity index (χ2n) is 8.53. The first kappa shape index (κ1) is 25.9. The summed E-state index contributed by atoms with van der Waals surface area (Å²) in [7, 11) is 0. The first-order valence-electron chi connectivity index (χ1n) is 11.1. The maximum atomic E-state index is 12.9. The third kappa shape index (κ3) is 7.36. The lowest BCUT2D eigenvalue weighted by molar-refractivity contribution is -0.124. The number of nitrogens with one attached hydrogen (secondary N) is 2. The number of fused-ring (bicyclic) bond motifs is 1. The Bertz CT molecular complexity index is 1040. The molecule has 3 rings (SSSR count). The van der Waals surface area contributed by atoms with Gasteiger partial charge in [-0.25, -0.2) is 10.3 Å². The van der Waals surface area contributed by atoms with Crippen LogP contribution in [0.3, 0.4) is 0 Å². The monoisotopic (exact) mass is 486 g/mol. The number of carbonyl (C=O) groups is 2. The summed E-state index contributed by atoms with van der Waals surface area (Å²) in [5.41, 5.74) is 2.28. The van der Waals surface area contributed by atoms with Gasteiger partial charge in [0.1, 0.15) is 18.5 Å². The molecule has 0 aliphatic carbocycles. The fourth-order valence-electron chi connectivity index (χ4n) is 3.62. The van der Waals surface area contributed by atoms with Gasteiger partial charge in [-0.2, -0.15) is 0 Å². The molecule has 1 heterocycles. The number of rotatable bonds is 11. The molecule has 10 nitrogen and oxygen atoms in total. The van der Waals surface area contributed by atoms with E-state index in [-0.39, 0.29) is 20.0 Å². The van der Waals surface area contributed by atoms with Crippen molar-refractivity contribution in [3.05, 3.63) is 60.2 Å². The van der Waals surface area contributed by atoms with Gasteiger partial charge in [-0.05, 0) is 42.7 Å². The van der Waals surface area contributed by atoms with Gasteiger partial charge in [0.25, 0.3) is 5.91 Å². The van der Waals surface area contributed by atoms with Crippen molar-refractivity contribution < 1.29 is 38.9 Å². The maximum absolute atomic E-state index is 12.9. The van der Waals surface area contributed by atoms with Crippen LogP contribution in [0.25, 0.3) is 0 Å². The van der Waals surface area contributed by atoms with Crippen molar-refractivity contribution >= 4 is 17.7 Å². The number of hydrogen-bond acceptors (Lipinski definition) is 8. The summed E-state index contributed by atoms with van der Waals surface area (Å²) in [5, 5.41) is 20.3. The van der Waals surface area contributed by atoms with Crippen molar-refractivity contribution in [3.8, 4) is 17.2 Å². The molecule has 188 valence electrons. The zero-order valence-electron chi connectivity index (χ0n) is 19.7. The topological polar surface area (TPSA) is 136 Å². The van der Waals surface area contributed by atoms with Crippen LogP contribution >= 0.6 is 0 Å². The molecular formula is C25H30N2O8. The predicted octanol–water partition coefficient (Wildman–Crippen LogP) is 3.94. The summed E-state index contributed by atoms with van der Waals surface area (Å²) in [6.07, 6.45) is 2.70. The van der Waals surface area contributed by atoms with E-state index in [1.165, 1.54) is 6.08 Å². The van der Waals surface area contributed by atoms with Crippen LogP contribution < -0.4 is 25.0 Å².